The Kier molecular flexibility index (Phi) is 8.58. The fourth-order valence-corrected chi connectivity index (χ4v) is 8.03. The number of pyridine rings is 1. The molecule has 5 rings (SSSR count). The second kappa shape index (κ2) is 12.1. The van der Waals surface area contributed by atoms with Crippen molar-refractivity contribution in [1.82, 2.24) is 18.8 Å². The van der Waals surface area contributed by atoms with Gasteiger partial charge in [-0.3, -0.25) is 9.78 Å². The van der Waals surface area contributed by atoms with Gasteiger partial charge >= 0.3 is 0 Å². The molecule has 1 aromatic carbocycles. The molecule has 0 spiro atoms. The van der Waals surface area contributed by atoms with Gasteiger partial charge in [0.05, 0.1) is 25.2 Å². The minimum absolute atomic E-state index is 0.0613. The van der Waals surface area contributed by atoms with Crippen molar-refractivity contribution >= 4 is 15.9 Å². The van der Waals surface area contributed by atoms with Gasteiger partial charge in [-0.05, 0) is 73.7 Å². The van der Waals surface area contributed by atoms with Gasteiger partial charge in [-0.15, -0.1) is 0 Å². The zero-order valence-corrected chi connectivity index (χ0v) is 24.3. The molecule has 4 heterocycles. The quantitative estimate of drug-likeness (QED) is 0.392. The molecule has 1 fully saturated rings. The molecule has 9 nitrogen and oxygen atoms in total. The number of benzene rings is 1. The molecule has 40 heavy (non-hydrogen) atoms. The molecular formula is C30H38N4O5S. The monoisotopic (exact) mass is 566 g/mol. The molecule has 0 aliphatic carbocycles. The number of carbonyl (C=O) groups is 1. The first-order chi connectivity index (χ1) is 19.3. The van der Waals surface area contributed by atoms with E-state index in [-0.39, 0.29) is 25.2 Å². The molecule has 1 amide bonds. The number of hydrogen-bond donors (Lipinski definition) is 0. The molecule has 1 saturated heterocycles. The molecule has 2 aliphatic rings. The van der Waals surface area contributed by atoms with Crippen LogP contribution in [0.15, 0.2) is 53.7 Å². The zero-order valence-electron chi connectivity index (χ0n) is 23.5. The maximum absolute atomic E-state index is 13.8. The van der Waals surface area contributed by atoms with Gasteiger partial charge in [0.15, 0.2) is 0 Å². The molecule has 2 aliphatic heterocycles. The summed E-state index contributed by atoms with van der Waals surface area (Å²) in [6.07, 6.45) is 6.90. The molecule has 2 aromatic heterocycles. The molecular weight excluding hydrogens is 528 g/mol. The average Bonchev–Trinajstić information content (AvgIpc) is 3.35. The summed E-state index contributed by atoms with van der Waals surface area (Å²) in [6.45, 7) is 6.06. The number of piperidine rings is 1. The number of sulfonamides is 1. The number of aryl methyl sites for hydroxylation is 2. The minimum atomic E-state index is -3.73. The van der Waals surface area contributed by atoms with Gasteiger partial charge in [0.2, 0.25) is 15.9 Å². The highest BCUT2D eigenvalue weighted by Gasteiger charge is 2.36. The lowest BCUT2D eigenvalue weighted by Crippen LogP contribution is -2.47. The predicted octanol–water partition coefficient (Wildman–Crippen LogP) is 3.70. The van der Waals surface area contributed by atoms with Crippen molar-refractivity contribution in [2.24, 2.45) is 0 Å². The van der Waals surface area contributed by atoms with Crippen LogP contribution in [-0.2, 0) is 39.1 Å². The van der Waals surface area contributed by atoms with E-state index in [0.29, 0.717) is 47.8 Å². The van der Waals surface area contributed by atoms with E-state index in [1.807, 2.05) is 17.2 Å². The Morgan fingerprint density at radius 1 is 1.07 bits per heavy atom. The number of methoxy groups -OCH3 is 1. The predicted molar refractivity (Wildman–Crippen MR) is 152 cm³/mol. The number of hydrogen-bond acceptors (Lipinski definition) is 6. The van der Waals surface area contributed by atoms with Crippen molar-refractivity contribution in [2.45, 2.75) is 63.6 Å². The van der Waals surface area contributed by atoms with E-state index >= 15 is 0 Å². The maximum Gasteiger partial charge on any atom is 0.248 e. The number of amides is 1. The largest absolute Gasteiger partial charge is 0.497 e. The molecule has 214 valence electrons. The SMILES string of the molecule is COc1cc(C)c(S(=O)(=O)N2CCCCC2COCC(=O)N2CCn3c(Cc4cccnc4)ccc3C2)c(C)c1. The Morgan fingerprint density at radius 2 is 1.88 bits per heavy atom. The minimum Gasteiger partial charge on any atom is -0.497 e. The van der Waals surface area contributed by atoms with Gasteiger partial charge in [-0.2, -0.15) is 4.31 Å². The third-order valence-electron chi connectivity index (χ3n) is 7.91. The van der Waals surface area contributed by atoms with E-state index in [4.69, 9.17) is 9.47 Å². The van der Waals surface area contributed by atoms with Crippen molar-refractivity contribution in [3.05, 3.63) is 76.9 Å². The van der Waals surface area contributed by atoms with Gasteiger partial charge in [0, 0.05) is 55.9 Å². The molecule has 0 N–H and O–H groups in total. The van der Waals surface area contributed by atoms with Crippen molar-refractivity contribution in [2.75, 3.05) is 33.4 Å². The highest BCUT2D eigenvalue weighted by molar-refractivity contribution is 7.89. The lowest BCUT2D eigenvalue weighted by atomic mass is 10.1. The standard InChI is InChI=1S/C30H38N4O5S/c1-22-15-28(38-3)16-23(2)30(22)40(36,37)34-12-5-4-8-27(34)20-39-21-29(35)32-13-14-33-25(9-10-26(33)19-32)17-24-7-6-11-31-18-24/h6-7,9-11,15-16,18,27H,4-5,8,12-14,17,19-21H2,1-3H3. The van der Waals surface area contributed by atoms with Crippen LogP contribution in [0.1, 0.15) is 47.3 Å². The number of rotatable bonds is 9. The molecule has 1 atom stereocenters. The van der Waals surface area contributed by atoms with E-state index < -0.39 is 10.0 Å². The Bertz CT molecular complexity index is 1430. The van der Waals surface area contributed by atoms with Crippen LogP contribution in [0.3, 0.4) is 0 Å². The van der Waals surface area contributed by atoms with E-state index in [2.05, 4.69) is 27.8 Å². The fraction of sp³-hybridized carbons (Fsp3) is 0.467. The Morgan fingerprint density at radius 3 is 2.60 bits per heavy atom. The number of ether oxygens (including phenoxy) is 2. The normalized spacial score (nSPS) is 18.0. The summed E-state index contributed by atoms with van der Waals surface area (Å²) >= 11 is 0. The van der Waals surface area contributed by atoms with E-state index in [9.17, 15) is 13.2 Å². The van der Waals surface area contributed by atoms with Crippen molar-refractivity contribution in [3.63, 3.8) is 0 Å². The first-order valence-electron chi connectivity index (χ1n) is 13.9. The second-order valence-electron chi connectivity index (χ2n) is 10.7. The van der Waals surface area contributed by atoms with Gasteiger partial charge in [-0.25, -0.2) is 8.42 Å². The van der Waals surface area contributed by atoms with Crippen LogP contribution in [-0.4, -0.2) is 72.5 Å². The van der Waals surface area contributed by atoms with Gasteiger partial charge in [-0.1, -0.05) is 12.5 Å². The lowest BCUT2D eigenvalue weighted by Gasteiger charge is -2.35. The van der Waals surface area contributed by atoms with Gasteiger partial charge in [0.1, 0.15) is 12.4 Å². The third-order valence-corrected chi connectivity index (χ3v) is 10.2. The summed E-state index contributed by atoms with van der Waals surface area (Å²) < 4.78 is 42.6. The van der Waals surface area contributed by atoms with Crippen LogP contribution in [0.2, 0.25) is 0 Å². The van der Waals surface area contributed by atoms with Crippen LogP contribution in [0.5, 0.6) is 5.75 Å². The summed E-state index contributed by atoms with van der Waals surface area (Å²) in [7, 11) is -2.15. The second-order valence-corrected chi connectivity index (χ2v) is 12.5. The van der Waals surface area contributed by atoms with Crippen molar-refractivity contribution < 1.29 is 22.7 Å². The highest BCUT2D eigenvalue weighted by Crippen LogP contribution is 2.32. The van der Waals surface area contributed by atoms with E-state index in [0.717, 1.165) is 37.1 Å². The lowest BCUT2D eigenvalue weighted by molar-refractivity contribution is -0.138. The topological polar surface area (TPSA) is 94.0 Å². The summed E-state index contributed by atoms with van der Waals surface area (Å²) in [6, 6.07) is 11.4. The number of aromatic nitrogens is 2. The van der Waals surface area contributed by atoms with Crippen LogP contribution >= 0.6 is 0 Å². The van der Waals surface area contributed by atoms with Crippen LogP contribution < -0.4 is 4.74 Å². The Hall–Kier alpha value is -3.21. The fourth-order valence-electron chi connectivity index (χ4n) is 5.94. The van der Waals surface area contributed by atoms with Crippen LogP contribution in [0, 0.1) is 13.8 Å². The van der Waals surface area contributed by atoms with Gasteiger partial charge in [0.25, 0.3) is 0 Å². The molecule has 0 saturated carbocycles. The number of carbonyl (C=O) groups excluding carboxylic acids is 1. The Balaban J connectivity index is 1.19. The molecule has 1 unspecified atom stereocenters. The Labute approximate surface area is 236 Å². The number of nitrogens with zero attached hydrogens (tertiary/aromatic N) is 4. The first kappa shape index (κ1) is 28.3. The molecule has 10 heteroatoms. The average molecular weight is 567 g/mol. The van der Waals surface area contributed by atoms with E-state index in [1.165, 1.54) is 5.69 Å². The zero-order chi connectivity index (χ0) is 28.3. The smallest absolute Gasteiger partial charge is 0.248 e. The van der Waals surface area contributed by atoms with Crippen molar-refractivity contribution in [1.29, 1.82) is 0 Å². The molecule has 0 bridgehead atoms. The van der Waals surface area contributed by atoms with Gasteiger partial charge < -0.3 is 18.9 Å². The summed E-state index contributed by atoms with van der Waals surface area (Å²) in [5, 5.41) is 0. The maximum atomic E-state index is 13.8. The summed E-state index contributed by atoms with van der Waals surface area (Å²) in [5.41, 5.74) is 4.80. The highest BCUT2D eigenvalue weighted by atomic mass is 32.2. The van der Waals surface area contributed by atoms with Crippen LogP contribution in [0.25, 0.3) is 0 Å². The first-order valence-corrected chi connectivity index (χ1v) is 15.3. The molecule has 0 radical (unpaired) electrons. The summed E-state index contributed by atoms with van der Waals surface area (Å²) in [4.78, 5) is 19.4. The van der Waals surface area contributed by atoms with E-state index in [1.54, 1.807) is 43.6 Å². The third kappa shape index (κ3) is 5.94. The van der Waals surface area contributed by atoms with Crippen LogP contribution in [0.4, 0.5) is 0 Å². The molecule has 3 aromatic rings. The summed E-state index contributed by atoms with van der Waals surface area (Å²) in [5.74, 6) is 0.564. The number of fused-ring (bicyclic) bond motifs is 1. The van der Waals surface area contributed by atoms with Crippen molar-refractivity contribution in [3.8, 4) is 5.75 Å².